The van der Waals surface area contributed by atoms with E-state index in [1.165, 1.54) is 0 Å². The van der Waals surface area contributed by atoms with Crippen molar-refractivity contribution in [1.82, 2.24) is 9.88 Å². The van der Waals surface area contributed by atoms with Gasteiger partial charge >= 0.3 is 0 Å². The first kappa shape index (κ1) is 13.2. The van der Waals surface area contributed by atoms with Crippen LogP contribution < -0.4 is 11.1 Å². The largest absolute Gasteiger partial charge is 0.399 e. The van der Waals surface area contributed by atoms with Gasteiger partial charge in [0.05, 0.1) is 6.04 Å². The summed E-state index contributed by atoms with van der Waals surface area (Å²) in [4.78, 5) is 12.2. The van der Waals surface area contributed by atoms with Gasteiger partial charge in [0.25, 0.3) is 5.91 Å². The van der Waals surface area contributed by atoms with Crippen LogP contribution in [0.3, 0.4) is 0 Å². The van der Waals surface area contributed by atoms with Crippen molar-refractivity contribution >= 4 is 11.6 Å². The third kappa shape index (κ3) is 2.96. The minimum Gasteiger partial charge on any atom is -0.399 e. The average molecular weight is 257 g/mol. The fraction of sp³-hybridized carbons (Fsp3) is 0.267. The van der Waals surface area contributed by atoms with Crippen LogP contribution in [-0.2, 0) is 6.54 Å². The number of amides is 1. The number of hydrogen-bond donors (Lipinski definition) is 2. The van der Waals surface area contributed by atoms with E-state index in [0.29, 0.717) is 5.69 Å². The molecule has 1 atom stereocenters. The molecule has 0 aliphatic heterocycles. The van der Waals surface area contributed by atoms with Gasteiger partial charge in [0.15, 0.2) is 0 Å². The summed E-state index contributed by atoms with van der Waals surface area (Å²) in [6.45, 7) is 4.76. The van der Waals surface area contributed by atoms with Crippen LogP contribution in [0.2, 0.25) is 0 Å². The molecule has 2 aromatic rings. The van der Waals surface area contributed by atoms with Gasteiger partial charge < -0.3 is 15.6 Å². The van der Waals surface area contributed by atoms with E-state index < -0.39 is 0 Å². The van der Waals surface area contributed by atoms with Crippen LogP contribution in [0.15, 0.2) is 42.6 Å². The molecule has 0 fully saturated rings. The highest BCUT2D eigenvalue weighted by Crippen LogP contribution is 2.15. The number of aromatic nitrogens is 1. The Morgan fingerprint density at radius 2 is 2.00 bits per heavy atom. The molecule has 1 unspecified atom stereocenters. The van der Waals surface area contributed by atoms with E-state index >= 15 is 0 Å². The molecule has 0 aliphatic rings. The smallest absolute Gasteiger partial charge is 0.268 e. The second kappa shape index (κ2) is 5.61. The van der Waals surface area contributed by atoms with Crippen molar-refractivity contribution in [2.45, 2.75) is 26.4 Å². The number of carbonyl (C=O) groups excluding carboxylic acids is 1. The standard InChI is InChI=1S/C15H19N3O/c1-3-18-10-4-5-14(18)15(19)17-11(2)12-6-8-13(16)9-7-12/h4-11H,3,16H2,1-2H3,(H,17,19). The van der Waals surface area contributed by atoms with Crippen LogP contribution in [0.25, 0.3) is 0 Å². The van der Waals surface area contributed by atoms with Crippen molar-refractivity contribution in [1.29, 1.82) is 0 Å². The molecule has 0 saturated carbocycles. The predicted molar refractivity (Wildman–Crippen MR) is 76.8 cm³/mol. The Morgan fingerprint density at radius 3 is 2.63 bits per heavy atom. The van der Waals surface area contributed by atoms with Gasteiger partial charge in [-0.25, -0.2) is 0 Å². The van der Waals surface area contributed by atoms with E-state index in [4.69, 9.17) is 5.73 Å². The van der Waals surface area contributed by atoms with E-state index in [1.54, 1.807) is 0 Å². The molecule has 0 saturated heterocycles. The summed E-state index contributed by atoms with van der Waals surface area (Å²) in [5.41, 5.74) is 8.10. The molecule has 0 spiro atoms. The fourth-order valence-electron chi connectivity index (χ4n) is 2.03. The van der Waals surface area contributed by atoms with E-state index in [9.17, 15) is 4.79 Å². The predicted octanol–water partition coefficient (Wildman–Crippen LogP) is 2.58. The minimum atomic E-state index is -0.0591. The molecule has 0 bridgehead atoms. The summed E-state index contributed by atoms with van der Waals surface area (Å²) in [6.07, 6.45) is 1.91. The minimum absolute atomic E-state index is 0.0479. The van der Waals surface area contributed by atoms with Crippen molar-refractivity contribution in [2.24, 2.45) is 0 Å². The van der Waals surface area contributed by atoms with Gasteiger partial charge in [-0.1, -0.05) is 12.1 Å². The molecule has 2 rings (SSSR count). The second-order valence-electron chi connectivity index (χ2n) is 4.54. The van der Waals surface area contributed by atoms with E-state index in [0.717, 1.165) is 17.8 Å². The highest BCUT2D eigenvalue weighted by atomic mass is 16.2. The Hall–Kier alpha value is -2.23. The lowest BCUT2D eigenvalue weighted by atomic mass is 10.1. The van der Waals surface area contributed by atoms with Crippen LogP contribution in [0, 0.1) is 0 Å². The maximum atomic E-state index is 12.2. The second-order valence-corrected chi connectivity index (χ2v) is 4.54. The Bertz CT molecular complexity index is 557. The molecule has 1 amide bonds. The number of rotatable bonds is 4. The molecule has 1 aromatic heterocycles. The monoisotopic (exact) mass is 257 g/mol. The first-order chi connectivity index (χ1) is 9.11. The third-order valence-corrected chi connectivity index (χ3v) is 3.19. The van der Waals surface area contributed by atoms with Crippen molar-refractivity contribution in [2.75, 3.05) is 5.73 Å². The molecule has 19 heavy (non-hydrogen) atoms. The Morgan fingerprint density at radius 1 is 1.32 bits per heavy atom. The SMILES string of the molecule is CCn1cccc1C(=O)NC(C)c1ccc(N)cc1. The number of carbonyl (C=O) groups is 1. The van der Waals surface area contributed by atoms with Gasteiger partial charge in [-0.05, 0) is 43.7 Å². The number of benzene rings is 1. The van der Waals surface area contributed by atoms with Crippen molar-refractivity contribution in [3.8, 4) is 0 Å². The lowest BCUT2D eigenvalue weighted by molar-refractivity contribution is 0.0930. The normalized spacial score (nSPS) is 12.1. The van der Waals surface area contributed by atoms with Gasteiger partial charge in [0.1, 0.15) is 5.69 Å². The lowest BCUT2D eigenvalue weighted by Gasteiger charge is -2.15. The van der Waals surface area contributed by atoms with Crippen LogP contribution in [-0.4, -0.2) is 10.5 Å². The van der Waals surface area contributed by atoms with Crippen molar-refractivity contribution < 1.29 is 4.79 Å². The maximum absolute atomic E-state index is 12.2. The molecule has 0 radical (unpaired) electrons. The van der Waals surface area contributed by atoms with Crippen LogP contribution >= 0.6 is 0 Å². The molecule has 3 N–H and O–H groups in total. The third-order valence-electron chi connectivity index (χ3n) is 3.19. The van der Waals surface area contributed by atoms with Gasteiger partial charge in [-0.15, -0.1) is 0 Å². The summed E-state index contributed by atoms with van der Waals surface area (Å²) in [5, 5.41) is 2.99. The number of anilines is 1. The van der Waals surface area contributed by atoms with Gasteiger partial charge in [0, 0.05) is 18.4 Å². The molecule has 1 heterocycles. The Kier molecular flexibility index (Phi) is 3.90. The van der Waals surface area contributed by atoms with Crippen LogP contribution in [0.4, 0.5) is 5.69 Å². The number of nitrogens with zero attached hydrogens (tertiary/aromatic N) is 1. The topological polar surface area (TPSA) is 60.0 Å². The number of hydrogen-bond acceptors (Lipinski definition) is 2. The molecule has 1 aromatic carbocycles. The summed E-state index contributed by atoms with van der Waals surface area (Å²) in [5.74, 6) is -0.0591. The number of aryl methyl sites for hydroxylation is 1. The Balaban J connectivity index is 2.08. The maximum Gasteiger partial charge on any atom is 0.268 e. The first-order valence-electron chi connectivity index (χ1n) is 6.43. The summed E-state index contributed by atoms with van der Waals surface area (Å²) >= 11 is 0. The van der Waals surface area contributed by atoms with E-state index in [1.807, 2.05) is 61.0 Å². The Labute approximate surface area is 113 Å². The molecular formula is C15H19N3O. The van der Waals surface area contributed by atoms with E-state index in [-0.39, 0.29) is 11.9 Å². The molecule has 100 valence electrons. The van der Waals surface area contributed by atoms with Crippen molar-refractivity contribution in [3.05, 3.63) is 53.9 Å². The zero-order valence-electron chi connectivity index (χ0n) is 11.3. The summed E-state index contributed by atoms with van der Waals surface area (Å²) in [7, 11) is 0. The quantitative estimate of drug-likeness (QED) is 0.827. The molecule has 4 heteroatoms. The lowest BCUT2D eigenvalue weighted by Crippen LogP contribution is -2.28. The average Bonchev–Trinajstić information content (AvgIpc) is 2.87. The van der Waals surface area contributed by atoms with Gasteiger partial charge in [-0.2, -0.15) is 0 Å². The number of nitrogens with one attached hydrogen (secondary N) is 1. The zero-order chi connectivity index (χ0) is 13.8. The van der Waals surface area contributed by atoms with Crippen molar-refractivity contribution in [3.63, 3.8) is 0 Å². The highest BCUT2D eigenvalue weighted by Gasteiger charge is 2.13. The summed E-state index contributed by atoms with van der Waals surface area (Å²) < 4.78 is 1.92. The zero-order valence-corrected chi connectivity index (χ0v) is 11.3. The van der Waals surface area contributed by atoms with Crippen LogP contribution in [0.1, 0.15) is 35.9 Å². The number of nitrogens with two attached hydrogens (primary N) is 1. The van der Waals surface area contributed by atoms with Crippen LogP contribution in [0.5, 0.6) is 0 Å². The highest BCUT2D eigenvalue weighted by molar-refractivity contribution is 5.93. The fourth-order valence-corrected chi connectivity index (χ4v) is 2.03. The summed E-state index contributed by atoms with van der Waals surface area (Å²) in [6, 6.07) is 11.2. The molecular weight excluding hydrogens is 238 g/mol. The number of nitrogen functional groups attached to an aromatic ring is 1. The first-order valence-corrected chi connectivity index (χ1v) is 6.43. The van der Waals surface area contributed by atoms with Gasteiger partial charge in [-0.3, -0.25) is 4.79 Å². The van der Waals surface area contributed by atoms with E-state index in [2.05, 4.69) is 5.32 Å². The van der Waals surface area contributed by atoms with Gasteiger partial charge in [0.2, 0.25) is 0 Å². The molecule has 0 aliphatic carbocycles. The molecule has 4 nitrogen and oxygen atoms in total.